The van der Waals surface area contributed by atoms with Gasteiger partial charge in [-0.1, -0.05) is 13.0 Å². The molecule has 1 aromatic carbocycles. The van der Waals surface area contributed by atoms with Crippen molar-refractivity contribution in [3.63, 3.8) is 0 Å². The molecule has 1 fully saturated rings. The second-order valence-electron chi connectivity index (χ2n) is 6.11. The van der Waals surface area contributed by atoms with Gasteiger partial charge in [-0.15, -0.1) is 0 Å². The van der Waals surface area contributed by atoms with E-state index < -0.39 is 16.0 Å². The smallest absolute Gasteiger partial charge is 0.337 e. The molecule has 0 saturated carbocycles. The van der Waals surface area contributed by atoms with Crippen LogP contribution in [0.2, 0.25) is 0 Å². The van der Waals surface area contributed by atoms with Gasteiger partial charge < -0.3 is 10.5 Å². The Bertz CT molecular complexity index is 687. The molecule has 2 rings (SSSR count). The molecule has 7 heteroatoms. The zero-order chi connectivity index (χ0) is 17.2. The molecule has 0 aromatic heterocycles. The molecular formula is C16H24N2O4S. The van der Waals surface area contributed by atoms with Crippen LogP contribution in [0.5, 0.6) is 0 Å². The maximum absolute atomic E-state index is 13.1. The van der Waals surface area contributed by atoms with Crippen LogP contribution in [-0.2, 0) is 14.8 Å². The number of carbonyl (C=O) groups excluding carboxylic acids is 1. The minimum absolute atomic E-state index is 0.147. The summed E-state index contributed by atoms with van der Waals surface area (Å²) in [5, 5.41) is 0. The largest absolute Gasteiger partial charge is 0.465 e. The summed E-state index contributed by atoms with van der Waals surface area (Å²) in [5.74, 6) is -0.0957. The van der Waals surface area contributed by atoms with Crippen molar-refractivity contribution in [2.75, 3.05) is 20.2 Å². The van der Waals surface area contributed by atoms with Crippen molar-refractivity contribution in [1.82, 2.24) is 4.31 Å². The quantitative estimate of drug-likeness (QED) is 0.840. The third-order valence-corrected chi connectivity index (χ3v) is 6.49. The highest BCUT2D eigenvalue weighted by atomic mass is 32.2. The summed E-state index contributed by atoms with van der Waals surface area (Å²) in [4.78, 5) is 11.8. The highest BCUT2D eigenvalue weighted by Crippen LogP contribution is 2.29. The molecular weight excluding hydrogens is 316 g/mol. The number of carbonyl (C=O) groups is 1. The summed E-state index contributed by atoms with van der Waals surface area (Å²) in [5.41, 5.74) is 6.62. The lowest BCUT2D eigenvalue weighted by Crippen LogP contribution is -2.49. The first-order chi connectivity index (χ1) is 10.8. The maximum Gasteiger partial charge on any atom is 0.337 e. The van der Waals surface area contributed by atoms with Gasteiger partial charge in [0.25, 0.3) is 0 Å². The molecule has 23 heavy (non-hydrogen) atoms. The van der Waals surface area contributed by atoms with Crippen LogP contribution in [-0.4, -0.2) is 44.9 Å². The zero-order valence-electron chi connectivity index (χ0n) is 13.8. The molecule has 0 spiro atoms. The van der Waals surface area contributed by atoms with Gasteiger partial charge in [0.1, 0.15) is 0 Å². The van der Waals surface area contributed by atoms with Crippen molar-refractivity contribution in [3.05, 3.63) is 29.3 Å². The summed E-state index contributed by atoms with van der Waals surface area (Å²) in [6, 6.07) is 4.38. The first kappa shape index (κ1) is 17.9. The van der Waals surface area contributed by atoms with E-state index in [0.717, 1.165) is 12.8 Å². The van der Waals surface area contributed by atoms with E-state index in [1.165, 1.54) is 17.5 Å². The zero-order valence-corrected chi connectivity index (χ0v) is 14.6. The van der Waals surface area contributed by atoms with E-state index >= 15 is 0 Å². The predicted octanol–water partition coefficient (Wildman–Crippen LogP) is 1.53. The average molecular weight is 340 g/mol. The molecule has 0 bridgehead atoms. The van der Waals surface area contributed by atoms with E-state index in [0.29, 0.717) is 24.6 Å². The number of sulfonamides is 1. The standard InChI is InChI=1S/C16H24N2O4S/c1-11-6-7-18(14(8-11)10-17)23(20,21)15-9-13(16(19)22-3)5-4-12(15)2/h4-5,9,11,14H,6-8,10,17H2,1-3H3. The summed E-state index contributed by atoms with van der Waals surface area (Å²) >= 11 is 0. The van der Waals surface area contributed by atoms with Crippen molar-refractivity contribution >= 4 is 16.0 Å². The average Bonchev–Trinajstić information content (AvgIpc) is 2.53. The van der Waals surface area contributed by atoms with Gasteiger partial charge in [-0.05, 0) is 43.4 Å². The van der Waals surface area contributed by atoms with Crippen molar-refractivity contribution < 1.29 is 17.9 Å². The van der Waals surface area contributed by atoms with Crippen molar-refractivity contribution in [2.24, 2.45) is 11.7 Å². The van der Waals surface area contributed by atoms with Gasteiger partial charge in [-0.2, -0.15) is 4.31 Å². The minimum Gasteiger partial charge on any atom is -0.465 e. The van der Waals surface area contributed by atoms with Crippen molar-refractivity contribution in [2.45, 2.75) is 37.6 Å². The molecule has 1 aliphatic heterocycles. The SMILES string of the molecule is COC(=O)c1ccc(C)c(S(=O)(=O)N2CCC(C)CC2CN)c1. The number of esters is 1. The fourth-order valence-corrected chi connectivity index (χ4v) is 4.92. The Balaban J connectivity index is 2.44. The van der Waals surface area contributed by atoms with Crippen LogP contribution in [0.25, 0.3) is 0 Å². The fourth-order valence-electron chi connectivity index (χ4n) is 3.01. The van der Waals surface area contributed by atoms with E-state index in [4.69, 9.17) is 5.73 Å². The first-order valence-corrected chi connectivity index (χ1v) is 9.16. The maximum atomic E-state index is 13.1. The lowest BCUT2D eigenvalue weighted by Gasteiger charge is -2.37. The lowest BCUT2D eigenvalue weighted by molar-refractivity contribution is 0.0600. The number of rotatable bonds is 4. The van der Waals surface area contributed by atoms with E-state index in [1.54, 1.807) is 19.1 Å². The summed E-state index contributed by atoms with van der Waals surface area (Å²) < 4.78 is 32.3. The summed E-state index contributed by atoms with van der Waals surface area (Å²) in [7, 11) is -2.43. The Morgan fingerprint density at radius 2 is 2.13 bits per heavy atom. The minimum atomic E-state index is -3.70. The van der Waals surface area contributed by atoms with Crippen molar-refractivity contribution in [3.8, 4) is 0 Å². The van der Waals surface area contributed by atoms with Gasteiger partial charge in [-0.25, -0.2) is 13.2 Å². The molecule has 1 heterocycles. The van der Waals surface area contributed by atoms with Crippen LogP contribution in [0.4, 0.5) is 0 Å². The lowest BCUT2D eigenvalue weighted by atomic mass is 9.94. The van der Waals surface area contributed by atoms with E-state index in [-0.39, 0.29) is 16.5 Å². The topological polar surface area (TPSA) is 89.7 Å². The number of hydrogen-bond donors (Lipinski definition) is 1. The Kier molecular flexibility index (Phi) is 5.44. The molecule has 0 amide bonds. The number of hydrogen-bond acceptors (Lipinski definition) is 5. The number of methoxy groups -OCH3 is 1. The van der Waals surface area contributed by atoms with Crippen LogP contribution < -0.4 is 5.73 Å². The molecule has 2 N–H and O–H groups in total. The van der Waals surface area contributed by atoms with E-state index in [2.05, 4.69) is 11.7 Å². The monoisotopic (exact) mass is 340 g/mol. The molecule has 2 unspecified atom stereocenters. The van der Waals surface area contributed by atoms with Crippen molar-refractivity contribution in [1.29, 1.82) is 0 Å². The number of nitrogens with two attached hydrogens (primary N) is 1. The summed E-state index contributed by atoms with van der Waals surface area (Å²) in [6.45, 7) is 4.57. The number of aryl methyl sites for hydroxylation is 1. The molecule has 6 nitrogen and oxygen atoms in total. The molecule has 0 aliphatic carbocycles. The Morgan fingerprint density at radius 3 is 2.74 bits per heavy atom. The highest BCUT2D eigenvalue weighted by Gasteiger charge is 2.36. The number of piperidine rings is 1. The summed E-state index contributed by atoms with van der Waals surface area (Å²) in [6.07, 6.45) is 1.57. The third-order valence-electron chi connectivity index (χ3n) is 4.39. The molecule has 1 saturated heterocycles. The normalized spacial score (nSPS) is 22.8. The van der Waals surface area contributed by atoms with Gasteiger partial charge in [0.05, 0.1) is 17.6 Å². The Labute approximate surface area is 137 Å². The molecule has 1 aliphatic rings. The van der Waals surface area contributed by atoms with Gasteiger partial charge in [0, 0.05) is 19.1 Å². The second kappa shape index (κ2) is 6.98. The molecule has 1 aromatic rings. The van der Waals surface area contributed by atoms with Gasteiger partial charge in [-0.3, -0.25) is 0 Å². The van der Waals surface area contributed by atoms with Gasteiger partial charge in [0.2, 0.25) is 10.0 Å². The third kappa shape index (κ3) is 3.57. The van der Waals surface area contributed by atoms with Crippen LogP contribution in [0.15, 0.2) is 23.1 Å². The molecule has 128 valence electrons. The Morgan fingerprint density at radius 1 is 1.43 bits per heavy atom. The molecule has 0 radical (unpaired) electrons. The van der Waals surface area contributed by atoms with Crippen LogP contribution in [0, 0.1) is 12.8 Å². The Hall–Kier alpha value is -1.44. The number of ether oxygens (including phenoxy) is 1. The number of benzene rings is 1. The van der Waals surface area contributed by atoms with Gasteiger partial charge in [0.15, 0.2) is 0 Å². The predicted molar refractivity (Wildman–Crippen MR) is 87.7 cm³/mol. The van der Waals surface area contributed by atoms with Gasteiger partial charge >= 0.3 is 5.97 Å². The second-order valence-corrected chi connectivity index (χ2v) is 7.97. The fraction of sp³-hybridized carbons (Fsp3) is 0.562. The first-order valence-electron chi connectivity index (χ1n) is 7.72. The van der Waals surface area contributed by atoms with E-state index in [1.807, 2.05) is 0 Å². The number of nitrogens with zero attached hydrogens (tertiary/aromatic N) is 1. The van der Waals surface area contributed by atoms with Crippen LogP contribution >= 0.6 is 0 Å². The van der Waals surface area contributed by atoms with Crippen LogP contribution in [0.3, 0.4) is 0 Å². The van der Waals surface area contributed by atoms with E-state index in [9.17, 15) is 13.2 Å². The van der Waals surface area contributed by atoms with Crippen LogP contribution in [0.1, 0.15) is 35.7 Å². The molecule has 2 atom stereocenters. The highest BCUT2D eigenvalue weighted by molar-refractivity contribution is 7.89.